The van der Waals surface area contributed by atoms with Crippen molar-refractivity contribution in [1.82, 2.24) is 5.43 Å². The largest absolute Gasteiger partial charge is 0.466 e. The van der Waals surface area contributed by atoms with Crippen LogP contribution in [-0.2, 0) is 9.53 Å². The Kier molecular flexibility index (Phi) is 2.33. The molecule has 0 aromatic heterocycles. The van der Waals surface area contributed by atoms with Crippen molar-refractivity contribution in [3.8, 4) is 6.07 Å². The summed E-state index contributed by atoms with van der Waals surface area (Å²) in [5.74, 6) is 0.0434. The standard InChI is InChI=1S/C10H7N3O2/c11-5-7-2-1-3-8(4-7)10-13-12-9(14)6-15-10/h1-4H,6H2,(H,12,14). The molecule has 0 saturated heterocycles. The van der Waals surface area contributed by atoms with Gasteiger partial charge in [0.2, 0.25) is 5.90 Å². The third-order valence-corrected chi connectivity index (χ3v) is 1.86. The van der Waals surface area contributed by atoms with E-state index in [1.165, 1.54) is 0 Å². The Bertz CT molecular complexity index is 474. The molecule has 1 aliphatic heterocycles. The number of carbonyl (C=O) groups excluding carboxylic acids is 1. The number of hydrazone groups is 1. The lowest BCUT2D eigenvalue weighted by Crippen LogP contribution is -2.32. The molecule has 74 valence electrons. The average Bonchev–Trinajstić information content (AvgIpc) is 2.30. The minimum absolute atomic E-state index is 0.0460. The summed E-state index contributed by atoms with van der Waals surface area (Å²) in [7, 11) is 0. The molecule has 0 aliphatic carbocycles. The number of benzene rings is 1. The van der Waals surface area contributed by atoms with Crippen LogP contribution in [0.1, 0.15) is 11.1 Å². The molecular formula is C10H7N3O2. The van der Waals surface area contributed by atoms with Crippen molar-refractivity contribution in [3.63, 3.8) is 0 Å². The van der Waals surface area contributed by atoms with Crippen LogP contribution in [0, 0.1) is 11.3 Å². The molecule has 1 aliphatic rings. The van der Waals surface area contributed by atoms with Crippen LogP contribution in [0.3, 0.4) is 0 Å². The molecule has 15 heavy (non-hydrogen) atoms. The maximum absolute atomic E-state index is 10.8. The van der Waals surface area contributed by atoms with Gasteiger partial charge in [-0.2, -0.15) is 5.26 Å². The number of nitriles is 1. The van der Waals surface area contributed by atoms with Crippen molar-refractivity contribution in [2.75, 3.05) is 6.61 Å². The van der Waals surface area contributed by atoms with E-state index in [1.807, 2.05) is 6.07 Å². The van der Waals surface area contributed by atoms with E-state index in [0.29, 0.717) is 17.0 Å². The second-order valence-corrected chi connectivity index (χ2v) is 2.93. The highest BCUT2D eigenvalue weighted by Crippen LogP contribution is 2.07. The fourth-order valence-electron chi connectivity index (χ4n) is 1.18. The normalized spacial score (nSPS) is 14.6. The number of nitrogens with one attached hydrogen (secondary N) is 1. The van der Waals surface area contributed by atoms with E-state index in [9.17, 15) is 4.79 Å². The van der Waals surface area contributed by atoms with Crippen LogP contribution in [-0.4, -0.2) is 18.4 Å². The molecular weight excluding hydrogens is 194 g/mol. The Morgan fingerprint density at radius 1 is 1.53 bits per heavy atom. The number of hydrogen-bond donors (Lipinski definition) is 1. The van der Waals surface area contributed by atoms with Gasteiger partial charge < -0.3 is 4.74 Å². The first-order valence-electron chi connectivity index (χ1n) is 4.29. The van der Waals surface area contributed by atoms with Crippen LogP contribution in [0.2, 0.25) is 0 Å². The number of nitrogens with zero attached hydrogens (tertiary/aromatic N) is 2. The van der Waals surface area contributed by atoms with Gasteiger partial charge in [0, 0.05) is 5.56 Å². The van der Waals surface area contributed by atoms with Crippen LogP contribution in [0.15, 0.2) is 29.4 Å². The zero-order valence-corrected chi connectivity index (χ0v) is 7.73. The molecule has 1 N–H and O–H groups in total. The summed E-state index contributed by atoms with van der Waals surface area (Å²) < 4.78 is 5.10. The molecule has 0 fully saturated rings. The third kappa shape index (κ3) is 1.94. The van der Waals surface area contributed by atoms with Gasteiger partial charge in [-0.15, -0.1) is 5.10 Å². The molecule has 0 bridgehead atoms. The van der Waals surface area contributed by atoms with Crippen molar-refractivity contribution in [2.45, 2.75) is 0 Å². The molecule has 0 unspecified atom stereocenters. The van der Waals surface area contributed by atoms with E-state index in [-0.39, 0.29) is 12.5 Å². The summed E-state index contributed by atoms with van der Waals surface area (Å²) >= 11 is 0. The second kappa shape index (κ2) is 3.80. The van der Waals surface area contributed by atoms with Gasteiger partial charge in [0.15, 0.2) is 6.61 Å². The Morgan fingerprint density at radius 2 is 2.40 bits per heavy atom. The summed E-state index contributed by atoms with van der Waals surface area (Å²) in [5.41, 5.74) is 3.51. The number of amides is 1. The van der Waals surface area contributed by atoms with Crippen molar-refractivity contribution in [3.05, 3.63) is 35.4 Å². The van der Waals surface area contributed by atoms with E-state index in [4.69, 9.17) is 10.00 Å². The topological polar surface area (TPSA) is 74.5 Å². The predicted molar refractivity (Wildman–Crippen MR) is 51.8 cm³/mol. The van der Waals surface area contributed by atoms with Crippen molar-refractivity contribution in [1.29, 1.82) is 5.26 Å². The van der Waals surface area contributed by atoms with E-state index >= 15 is 0 Å². The smallest absolute Gasteiger partial charge is 0.278 e. The van der Waals surface area contributed by atoms with Crippen LogP contribution < -0.4 is 5.43 Å². The quantitative estimate of drug-likeness (QED) is 0.713. The van der Waals surface area contributed by atoms with Gasteiger partial charge in [-0.3, -0.25) is 4.79 Å². The summed E-state index contributed by atoms with van der Waals surface area (Å²) in [6, 6.07) is 8.85. The summed E-state index contributed by atoms with van der Waals surface area (Å²) in [6.07, 6.45) is 0. The number of carbonyl (C=O) groups is 1. The molecule has 0 saturated carbocycles. The molecule has 0 radical (unpaired) electrons. The fourth-order valence-corrected chi connectivity index (χ4v) is 1.18. The predicted octanol–water partition coefficient (Wildman–Crippen LogP) is 0.366. The molecule has 1 amide bonds. The number of hydrogen-bond acceptors (Lipinski definition) is 4. The lowest BCUT2D eigenvalue weighted by molar-refractivity contribution is -0.124. The number of ether oxygens (including phenoxy) is 1. The molecule has 2 rings (SSSR count). The fraction of sp³-hybridized carbons (Fsp3) is 0.100. The molecule has 5 nitrogen and oxygen atoms in total. The molecule has 0 atom stereocenters. The Hall–Kier alpha value is -2.35. The van der Waals surface area contributed by atoms with E-state index in [1.54, 1.807) is 24.3 Å². The molecule has 1 heterocycles. The minimum Gasteiger partial charge on any atom is -0.466 e. The third-order valence-electron chi connectivity index (χ3n) is 1.86. The van der Waals surface area contributed by atoms with E-state index < -0.39 is 0 Å². The second-order valence-electron chi connectivity index (χ2n) is 2.93. The Morgan fingerprint density at radius 3 is 3.07 bits per heavy atom. The van der Waals surface area contributed by atoms with Gasteiger partial charge in [0.1, 0.15) is 0 Å². The van der Waals surface area contributed by atoms with E-state index in [2.05, 4.69) is 10.5 Å². The lowest BCUT2D eigenvalue weighted by Gasteiger charge is -2.13. The first-order valence-corrected chi connectivity index (χ1v) is 4.29. The highest BCUT2D eigenvalue weighted by molar-refractivity contribution is 5.98. The minimum atomic E-state index is -0.282. The van der Waals surface area contributed by atoms with Gasteiger partial charge in [-0.1, -0.05) is 6.07 Å². The van der Waals surface area contributed by atoms with Crippen LogP contribution in [0.4, 0.5) is 0 Å². The monoisotopic (exact) mass is 201 g/mol. The Labute approximate surface area is 86.0 Å². The average molecular weight is 201 g/mol. The Balaban J connectivity index is 2.30. The van der Waals surface area contributed by atoms with Crippen LogP contribution in [0.5, 0.6) is 0 Å². The zero-order valence-electron chi connectivity index (χ0n) is 7.73. The highest BCUT2D eigenvalue weighted by atomic mass is 16.5. The summed E-state index contributed by atoms with van der Waals surface area (Å²) in [4.78, 5) is 10.8. The number of rotatable bonds is 1. The van der Waals surface area contributed by atoms with Crippen molar-refractivity contribution in [2.24, 2.45) is 5.10 Å². The maximum atomic E-state index is 10.8. The van der Waals surface area contributed by atoms with Crippen molar-refractivity contribution >= 4 is 11.8 Å². The van der Waals surface area contributed by atoms with Crippen LogP contribution >= 0.6 is 0 Å². The van der Waals surface area contributed by atoms with Gasteiger partial charge in [-0.25, -0.2) is 5.43 Å². The first kappa shape index (κ1) is 9.21. The van der Waals surface area contributed by atoms with Gasteiger partial charge in [-0.05, 0) is 18.2 Å². The molecule has 5 heteroatoms. The SMILES string of the molecule is N#Cc1cccc(C2=NNC(=O)CO2)c1. The van der Waals surface area contributed by atoms with Gasteiger partial charge in [0.05, 0.1) is 11.6 Å². The molecule has 1 aromatic rings. The zero-order chi connectivity index (χ0) is 10.7. The van der Waals surface area contributed by atoms with Crippen molar-refractivity contribution < 1.29 is 9.53 Å². The first-order chi connectivity index (χ1) is 7.29. The van der Waals surface area contributed by atoms with Gasteiger partial charge in [0.25, 0.3) is 5.91 Å². The van der Waals surface area contributed by atoms with Gasteiger partial charge >= 0.3 is 0 Å². The highest BCUT2D eigenvalue weighted by Gasteiger charge is 2.14. The molecule has 0 spiro atoms. The maximum Gasteiger partial charge on any atom is 0.278 e. The van der Waals surface area contributed by atoms with Crippen LogP contribution in [0.25, 0.3) is 0 Å². The molecule has 1 aromatic carbocycles. The summed E-state index contributed by atoms with van der Waals surface area (Å²) in [6.45, 7) is -0.0460. The van der Waals surface area contributed by atoms with E-state index in [0.717, 1.165) is 0 Å². The summed E-state index contributed by atoms with van der Waals surface area (Å²) in [5, 5.41) is 12.4. The lowest BCUT2D eigenvalue weighted by atomic mass is 10.1.